The lowest BCUT2D eigenvalue weighted by Crippen LogP contribution is -2.47. The number of nitrogens with one attached hydrogen (secondary N) is 2. The molecule has 1 fully saturated rings. The largest absolute Gasteiger partial charge is 0.384 e. The van der Waals surface area contributed by atoms with Crippen LogP contribution < -0.4 is 10.0 Å². The molecule has 0 aliphatic carbocycles. The highest BCUT2D eigenvalue weighted by Gasteiger charge is 2.33. The van der Waals surface area contributed by atoms with Gasteiger partial charge in [0.25, 0.3) is 0 Å². The molecule has 1 aromatic carbocycles. The van der Waals surface area contributed by atoms with Gasteiger partial charge in [-0.2, -0.15) is 0 Å². The first kappa shape index (κ1) is 17.7. The normalized spacial score (nSPS) is 18.3. The molecule has 124 valence electrons. The second kappa shape index (κ2) is 7.27. The molecule has 0 spiro atoms. The Morgan fingerprint density at radius 1 is 1.36 bits per heavy atom. The third-order valence-electron chi connectivity index (χ3n) is 4.18. The van der Waals surface area contributed by atoms with Crippen LogP contribution in [0.3, 0.4) is 0 Å². The maximum atomic E-state index is 12.5. The van der Waals surface area contributed by atoms with Gasteiger partial charge in [-0.1, -0.05) is 11.6 Å². The van der Waals surface area contributed by atoms with E-state index in [4.69, 9.17) is 16.3 Å². The number of halogens is 1. The number of rotatable bonds is 6. The monoisotopic (exact) mass is 346 g/mol. The molecule has 0 bridgehead atoms. The molecule has 7 heteroatoms. The maximum absolute atomic E-state index is 12.5. The SMILES string of the molecule is COCC1(CNS(=O)(=O)c2ccc(Cl)cc2C)CCNCC1. The van der Waals surface area contributed by atoms with Gasteiger partial charge in [-0.25, -0.2) is 13.1 Å². The molecule has 2 N–H and O–H groups in total. The Kier molecular flexibility index (Phi) is 5.85. The highest BCUT2D eigenvalue weighted by Crippen LogP contribution is 2.29. The van der Waals surface area contributed by atoms with Gasteiger partial charge < -0.3 is 10.1 Å². The van der Waals surface area contributed by atoms with Crippen molar-refractivity contribution in [1.29, 1.82) is 0 Å². The van der Waals surface area contributed by atoms with E-state index >= 15 is 0 Å². The molecule has 0 atom stereocenters. The van der Waals surface area contributed by atoms with E-state index in [2.05, 4.69) is 10.0 Å². The fourth-order valence-corrected chi connectivity index (χ4v) is 4.48. The quantitative estimate of drug-likeness (QED) is 0.826. The minimum atomic E-state index is -3.55. The Morgan fingerprint density at radius 2 is 2.05 bits per heavy atom. The van der Waals surface area contributed by atoms with Gasteiger partial charge >= 0.3 is 0 Å². The predicted molar refractivity (Wildman–Crippen MR) is 87.8 cm³/mol. The summed E-state index contributed by atoms with van der Waals surface area (Å²) in [4.78, 5) is 0.276. The summed E-state index contributed by atoms with van der Waals surface area (Å²) in [6.45, 7) is 4.44. The van der Waals surface area contributed by atoms with Gasteiger partial charge in [-0.05, 0) is 56.6 Å². The van der Waals surface area contributed by atoms with E-state index in [0.29, 0.717) is 23.7 Å². The molecule has 22 heavy (non-hydrogen) atoms. The van der Waals surface area contributed by atoms with E-state index in [1.807, 2.05) is 0 Å². The number of ether oxygens (including phenoxy) is 1. The Labute approximate surface area is 137 Å². The molecular weight excluding hydrogens is 324 g/mol. The molecule has 1 aliphatic heterocycles. The molecule has 1 saturated heterocycles. The number of piperidine rings is 1. The minimum Gasteiger partial charge on any atom is -0.384 e. The molecule has 0 radical (unpaired) electrons. The first-order valence-electron chi connectivity index (χ1n) is 7.34. The smallest absolute Gasteiger partial charge is 0.240 e. The first-order valence-corrected chi connectivity index (χ1v) is 9.20. The third kappa shape index (κ3) is 4.20. The molecule has 1 aromatic rings. The van der Waals surface area contributed by atoms with E-state index in [1.54, 1.807) is 32.2 Å². The molecule has 0 unspecified atom stereocenters. The van der Waals surface area contributed by atoms with Crippen LogP contribution in [0, 0.1) is 12.3 Å². The van der Waals surface area contributed by atoms with E-state index in [9.17, 15) is 8.42 Å². The van der Waals surface area contributed by atoms with Crippen LogP contribution in [-0.4, -0.2) is 41.8 Å². The van der Waals surface area contributed by atoms with Crippen molar-refractivity contribution in [2.75, 3.05) is 33.4 Å². The van der Waals surface area contributed by atoms with E-state index in [1.165, 1.54) is 0 Å². The summed E-state index contributed by atoms with van der Waals surface area (Å²) in [5.41, 5.74) is 0.499. The van der Waals surface area contributed by atoms with Crippen molar-refractivity contribution in [2.24, 2.45) is 5.41 Å². The Hall–Kier alpha value is -0.660. The topological polar surface area (TPSA) is 67.4 Å². The first-order chi connectivity index (χ1) is 10.4. The summed E-state index contributed by atoms with van der Waals surface area (Å²) < 4.78 is 33.2. The molecule has 5 nitrogen and oxygen atoms in total. The zero-order chi connectivity index (χ0) is 16.2. The zero-order valence-corrected chi connectivity index (χ0v) is 14.6. The van der Waals surface area contributed by atoms with Gasteiger partial charge in [0.1, 0.15) is 0 Å². The van der Waals surface area contributed by atoms with Crippen molar-refractivity contribution >= 4 is 21.6 Å². The summed E-state index contributed by atoms with van der Waals surface area (Å²) >= 11 is 5.89. The van der Waals surface area contributed by atoms with Crippen molar-refractivity contribution in [2.45, 2.75) is 24.7 Å². The van der Waals surface area contributed by atoms with Gasteiger partial charge in [-0.3, -0.25) is 0 Å². The molecule has 0 amide bonds. The number of hydrogen-bond acceptors (Lipinski definition) is 4. The molecule has 0 saturated carbocycles. The van der Waals surface area contributed by atoms with Gasteiger partial charge in [0, 0.05) is 24.1 Å². The van der Waals surface area contributed by atoms with Crippen molar-refractivity contribution in [3.63, 3.8) is 0 Å². The molecule has 2 rings (SSSR count). The summed E-state index contributed by atoms with van der Waals surface area (Å²) in [6, 6.07) is 4.80. The van der Waals surface area contributed by atoms with Crippen LogP contribution in [0.15, 0.2) is 23.1 Å². The summed E-state index contributed by atoms with van der Waals surface area (Å²) in [6.07, 6.45) is 1.78. The predicted octanol–water partition coefficient (Wildman–Crippen LogP) is 1.94. The number of aryl methyl sites for hydroxylation is 1. The van der Waals surface area contributed by atoms with Crippen molar-refractivity contribution in [3.05, 3.63) is 28.8 Å². The lowest BCUT2D eigenvalue weighted by molar-refractivity contribution is 0.0577. The van der Waals surface area contributed by atoms with Crippen LogP contribution in [0.4, 0.5) is 0 Å². The maximum Gasteiger partial charge on any atom is 0.240 e. The third-order valence-corrected chi connectivity index (χ3v) is 5.97. The number of methoxy groups -OCH3 is 1. The van der Waals surface area contributed by atoms with Crippen molar-refractivity contribution in [3.8, 4) is 0 Å². The van der Waals surface area contributed by atoms with Crippen molar-refractivity contribution < 1.29 is 13.2 Å². The van der Waals surface area contributed by atoms with Gasteiger partial charge in [-0.15, -0.1) is 0 Å². The second-order valence-electron chi connectivity index (χ2n) is 5.92. The standard InChI is InChI=1S/C15H23ClN2O3S/c1-12-9-13(16)3-4-14(12)22(19,20)18-10-15(11-21-2)5-7-17-8-6-15/h3-4,9,17-18H,5-8,10-11H2,1-2H3. The fourth-order valence-electron chi connectivity index (χ4n) is 2.88. The van der Waals surface area contributed by atoms with Gasteiger partial charge in [0.05, 0.1) is 11.5 Å². The molecular formula is C15H23ClN2O3S. The summed E-state index contributed by atoms with van der Waals surface area (Å²) in [7, 11) is -1.89. The van der Waals surface area contributed by atoms with Crippen LogP contribution >= 0.6 is 11.6 Å². The van der Waals surface area contributed by atoms with E-state index in [0.717, 1.165) is 25.9 Å². The number of sulfonamides is 1. The Balaban J connectivity index is 2.14. The van der Waals surface area contributed by atoms with Crippen LogP contribution in [-0.2, 0) is 14.8 Å². The molecule has 1 heterocycles. The summed E-state index contributed by atoms with van der Waals surface area (Å²) in [5, 5.41) is 3.83. The molecule has 1 aliphatic rings. The van der Waals surface area contributed by atoms with E-state index in [-0.39, 0.29) is 10.3 Å². The lowest BCUT2D eigenvalue weighted by atomic mass is 9.80. The molecule has 0 aromatic heterocycles. The lowest BCUT2D eigenvalue weighted by Gasteiger charge is -2.37. The van der Waals surface area contributed by atoms with Crippen molar-refractivity contribution in [1.82, 2.24) is 10.0 Å². The van der Waals surface area contributed by atoms with Crippen LogP contribution in [0.2, 0.25) is 5.02 Å². The highest BCUT2D eigenvalue weighted by atomic mass is 35.5. The average molecular weight is 347 g/mol. The van der Waals surface area contributed by atoms with Gasteiger partial charge in [0.2, 0.25) is 10.0 Å². The Morgan fingerprint density at radius 3 is 2.64 bits per heavy atom. The van der Waals surface area contributed by atoms with Crippen LogP contribution in [0.5, 0.6) is 0 Å². The van der Waals surface area contributed by atoms with E-state index < -0.39 is 10.0 Å². The minimum absolute atomic E-state index is 0.145. The fraction of sp³-hybridized carbons (Fsp3) is 0.600. The zero-order valence-electron chi connectivity index (χ0n) is 13.0. The highest BCUT2D eigenvalue weighted by molar-refractivity contribution is 7.89. The van der Waals surface area contributed by atoms with Crippen LogP contribution in [0.25, 0.3) is 0 Å². The average Bonchev–Trinajstić information content (AvgIpc) is 2.46. The number of benzene rings is 1. The summed E-state index contributed by atoms with van der Waals surface area (Å²) in [5.74, 6) is 0. The van der Waals surface area contributed by atoms with Gasteiger partial charge in [0.15, 0.2) is 0 Å². The number of hydrogen-bond donors (Lipinski definition) is 2. The second-order valence-corrected chi connectivity index (χ2v) is 8.09. The van der Waals surface area contributed by atoms with Crippen LogP contribution in [0.1, 0.15) is 18.4 Å². The Bertz CT molecular complexity index is 608.